The van der Waals surface area contributed by atoms with E-state index in [2.05, 4.69) is 10.6 Å². The van der Waals surface area contributed by atoms with Gasteiger partial charge >= 0.3 is 5.97 Å². The van der Waals surface area contributed by atoms with Crippen LogP contribution in [0.2, 0.25) is 0 Å². The zero-order valence-corrected chi connectivity index (χ0v) is 14.9. The predicted molar refractivity (Wildman–Crippen MR) is 93.3 cm³/mol. The average Bonchev–Trinajstić information content (AvgIpc) is 3.32. The highest BCUT2D eigenvalue weighted by Crippen LogP contribution is 2.43. The van der Waals surface area contributed by atoms with E-state index in [9.17, 15) is 14.4 Å². The van der Waals surface area contributed by atoms with Crippen LogP contribution in [0.3, 0.4) is 0 Å². The number of hydrogen-bond acceptors (Lipinski definition) is 4. The number of nitrogens with one attached hydrogen (secondary N) is 2. The van der Waals surface area contributed by atoms with Crippen LogP contribution < -0.4 is 10.6 Å². The fraction of sp³-hybridized carbons (Fsp3) is 0.526. The Labute approximate surface area is 147 Å². The monoisotopic (exact) mass is 344 g/mol. The summed E-state index contributed by atoms with van der Waals surface area (Å²) >= 11 is 0. The molecule has 0 saturated heterocycles. The number of aryl methyl sites for hydroxylation is 1. The molecular weight excluding hydrogens is 320 g/mol. The number of esters is 1. The maximum absolute atomic E-state index is 12.8. The molecule has 1 aromatic carbocycles. The summed E-state index contributed by atoms with van der Waals surface area (Å²) in [4.78, 5) is 37.3. The van der Waals surface area contributed by atoms with Crippen molar-refractivity contribution in [2.75, 3.05) is 12.4 Å². The molecule has 0 atom stereocenters. The summed E-state index contributed by atoms with van der Waals surface area (Å²) in [6.45, 7) is 3.71. The molecule has 0 bridgehead atoms. The van der Waals surface area contributed by atoms with Crippen molar-refractivity contribution in [1.29, 1.82) is 0 Å². The molecule has 2 amide bonds. The molecule has 3 rings (SSSR count). The van der Waals surface area contributed by atoms with Crippen LogP contribution in [0.1, 0.15) is 53.6 Å². The second-order valence-corrected chi connectivity index (χ2v) is 7.09. The molecule has 1 aromatic rings. The first kappa shape index (κ1) is 17.5. The van der Waals surface area contributed by atoms with Crippen LogP contribution in [0, 0.1) is 19.3 Å². The third-order valence-electron chi connectivity index (χ3n) is 5.32. The van der Waals surface area contributed by atoms with E-state index in [1.807, 2.05) is 19.9 Å². The van der Waals surface area contributed by atoms with Crippen LogP contribution >= 0.6 is 0 Å². The number of carbonyl (C=O) groups is 3. The Morgan fingerprint density at radius 2 is 1.80 bits per heavy atom. The average molecular weight is 344 g/mol. The highest BCUT2D eigenvalue weighted by Gasteiger charge is 2.51. The van der Waals surface area contributed by atoms with Gasteiger partial charge in [-0.3, -0.25) is 9.59 Å². The first-order valence-corrected chi connectivity index (χ1v) is 8.69. The van der Waals surface area contributed by atoms with Crippen LogP contribution in [0.15, 0.2) is 12.1 Å². The maximum Gasteiger partial charge on any atom is 0.338 e. The van der Waals surface area contributed by atoms with Gasteiger partial charge in [-0.2, -0.15) is 0 Å². The lowest BCUT2D eigenvalue weighted by atomic mass is 9.67. The van der Waals surface area contributed by atoms with Crippen molar-refractivity contribution in [3.63, 3.8) is 0 Å². The first-order chi connectivity index (χ1) is 11.9. The van der Waals surface area contributed by atoms with E-state index in [1.165, 1.54) is 7.11 Å². The van der Waals surface area contributed by atoms with Crippen molar-refractivity contribution in [3.8, 4) is 0 Å². The topological polar surface area (TPSA) is 84.5 Å². The quantitative estimate of drug-likeness (QED) is 0.635. The number of rotatable bonds is 5. The van der Waals surface area contributed by atoms with E-state index < -0.39 is 11.4 Å². The van der Waals surface area contributed by atoms with Gasteiger partial charge in [0.05, 0.1) is 12.7 Å². The summed E-state index contributed by atoms with van der Waals surface area (Å²) < 4.78 is 4.80. The highest BCUT2D eigenvalue weighted by atomic mass is 16.5. The number of hydrogen-bond donors (Lipinski definition) is 2. The van der Waals surface area contributed by atoms with E-state index in [4.69, 9.17) is 4.74 Å². The van der Waals surface area contributed by atoms with Crippen LogP contribution in [0.5, 0.6) is 0 Å². The number of carbonyl (C=O) groups excluding carboxylic acids is 3. The molecule has 6 heteroatoms. The summed E-state index contributed by atoms with van der Waals surface area (Å²) in [7, 11) is 1.33. The second-order valence-electron chi connectivity index (χ2n) is 7.09. The molecule has 0 unspecified atom stereocenters. The molecule has 0 spiro atoms. The van der Waals surface area contributed by atoms with Gasteiger partial charge < -0.3 is 15.4 Å². The molecule has 0 radical (unpaired) electrons. The minimum atomic E-state index is -0.979. The molecular formula is C19H24N2O4. The van der Waals surface area contributed by atoms with Crippen molar-refractivity contribution in [1.82, 2.24) is 5.32 Å². The molecule has 0 aromatic heterocycles. The van der Waals surface area contributed by atoms with Crippen molar-refractivity contribution in [2.45, 2.75) is 52.0 Å². The third kappa shape index (κ3) is 3.25. The second kappa shape index (κ2) is 6.50. The maximum atomic E-state index is 12.8. The lowest BCUT2D eigenvalue weighted by Gasteiger charge is -2.38. The Morgan fingerprint density at radius 1 is 1.12 bits per heavy atom. The van der Waals surface area contributed by atoms with Gasteiger partial charge in [0.2, 0.25) is 11.8 Å². The zero-order valence-electron chi connectivity index (χ0n) is 14.9. The smallest absolute Gasteiger partial charge is 0.338 e. The molecule has 25 heavy (non-hydrogen) atoms. The zero-order chi connectivity index (χ0) is 18.2. The fourth-order valence-corrected chi connectivity index (χ4v) is 3.14. The van der Waals surface area contributed by atoms with E-state index in [-0.39, 0.29) is 17.9 Å². The van der Waals surface area contributed by atoms with E-state index in [0.29, 0.717) is 24.1 Å². The van der Waals surface area contributed by atoms with Gasteiger partial charge in [0.25, 0.3) is 0 Å². The van der Waals surface area contributed by atoms with Gasteiger partial charge in [-0.05, 0) is 62.8 Å². The standard InChI is InChI=1S/C19H24N2O4/c1-11-9-14(10-15(12(11)2)16(22)25-3)21-18(24)19(7-4-8-19)17(23)20-13-5-6-13/h9-10,13H,4-8H2,1-3H3,(H,20,23)(H,21,24). The predicted octanol–water partition coefficient (Wildman–Crippen LogP) is 2.48. The van der Waals surface area contributed by atoms with Crippen molar-refractivity contribution in [2.24, 2.45) is 5.41 Å². The Morgan fingerprint density at radius 3 is 2.32 bits per heavy atom. The minimum absolute atomic E-state index is 0.171. The lowest BCUT2D eigenvalue weighted by Crippen LogP contribution is -2.53. The highest BCUT2D eigenvalue weighted by molar-refractivity contribution is 6.11. The number of methoxy groups -OCH3 is 1. The summed E-state index contributed by atoms with van der Waals surface area (Å²) in [5, 5.41) is 5.79. The molecule has 2 fully saturated rings. The Bertz CT molecular complexity index is 733. The number of anilines is 1. The molecule has 2 aliphatic rings. The SMILES string of the molecule is COC(=O)c1cc(NC(=O)C2(C(=O)NC3CC3)CCC2)cc(C)c1C. The molecule has 2 N–H and O–H groups in total. The molecule has 6 nitrogen and oxygen atoms in total. The van der Waals surface area contributed by atoms with Gasteiger partial charge in [-0.1, -0.05) is 6.42 Å². The van der Waals surface area contributed by atoms with Gasteiger partial charge in [-0.15, -0.1) is 0 Å². The number of ether oxygens (including phenoxy) is 1. The van der Waals surface area contributed by atoms with Crippen LogP contribution in [0.4, 0.5) is 5.69 Å². The fourth-order valence-electron chi connectivity index (χ4n) is 3.14. The van der Waals surface area contributed by atoms with Gasteiger partial charge in [0.1, 0.15) is 5.41 Å². The summed E-state index contributed by atoms with van der Waals surface area (Å²) in [5.74, 6) is -0.909. The van der Waals surface area contributed by atoms with Gasteiger partial charge in [0.15, 0.2) is 0 Å². The molecule has 134 valence electrons. The normalized spacial score (nSPS) is 18.0. The van der Waals surface area contributed by atoms with Crippen molar-refractivity contribution >= 4 is 23.5 Å². The molecule has 0 aliphatic heterocycles. The lowest BCUT2D eigenvalue weighted by molar-refractivity contribution is -0.146. The van der Waals surface area contributed by atoms with Crippen LogP contribution in [0.25, 0.3) is 0 Å². The first-order valence-electron chi connectivity index (χ1n) is 8.69. The van der Waals surface area contributed by atoms with Crippen molar-refractivity contribution < 1.29 is 19.1 Å². The van der Waals surface area contributed by atoms with E-state index in [0.717, 1.165) is 30.4 Å². The summed E-state index contributed by atoms with van der Waals surface area (Å²) in [6, 6.07) is 3.65. The van der Waals surface area contributed by atoms with Gasteiger partial charge in [0, 0.05) is 11.7 Å². The molecule has 2 saturated carbocycles. The Kier molecular flexibility index (Phi) is 4.54. The molecule has 0 heterocycles. The minimum Gasteiger partial charge on any atom is -0.465 e. The van der Waals surface area contributed by atoms with Gasteiger partial charge in [-0.25, -0.2) is 4.79 Å². The number of amides is 2. The van der Waals surface area contributed by atoms with E-state index in [1.54, 1.807) is 6.07 Å². The number of benzene rings is 1. The van der Waals surface area contributed by atoms with E-state index >= 15 is 0 Å². The summed E-state index contributed by atoms with van der Waals surface area (Å²) in [5.41, 5.74) is 1.65. The van der Waals surface area contributed by atoms with Crippen molar-refractivity contribution in [3.05, 3.63) is 28.8 Å². The largest absolute Gasteiger partial charge is 0.465 e. The molecule has 2 aliphatic carbocycles. The van der Waals surface area contributed by atoms with Crippen LogP contribution in [-0.2, 0) is 14.3 Å². The summed E-state index contributed by atoms with van der Waals surface area (Å²) in [6.07, 6.45) is 3.97. The Balaban J connectivity index is 1.81. The van der Waals surface area contributed by atoms with Crippen LogP contribution in [-0.4, -0.2) is 30.9 Å². The Hall–Kier alpha value is -2.37. The third-order valence-corrected chi connectivity index (χ3v) is 5.32.